The molecule has 2 N–H and O–H groups in total. The van der Waals surface area contributed by atoms with Crippen LogP contribution in [0.15, 0.2) is 71.6 Å². The third-order valence-electron chi connectivity index (χ3n) is 5.05. The van der Waals surface area contributed by atoms with E-state index < -0.39 is 10.0 Å². The van der Waals surface area contributed by atoms with Crippen molar-refractivity contribution in [1.29, 1.82) is 0 Å². The summed E-state index contributed by atoms with van der Waals surface area (Å²) in [5.74, 6) is -0.261. The summed E-state index contributed by atoms with van der Waals surface area (Å²) in [5, 5.41) is 3.01. The second-order valence-corrected chi connectivity index (χ2v) is 9.19. The topological polar surface area (TPSA) is 75.3 Å². The van der Waals surface area contributed by atoms with E-state index in [1.807, 2.05) is 32.9 Å². The summed E-state index contributed by atoms with van der Waals surface area (Å²) in [7, 11) is -3.74. The number of hydrogen-bond donors (Lipinski definition) is 2. The van der Waals surface area contributed by atoms with Crippen LogP contribution >= 0.6 is 0 Å². The Hall–Kier alpha value is -3.12. The third-order valence-corrected chi connectivity index (χ3v) is 6.43. The molecule has 0 bridgehead atoms. The van der Waals surface area contributed by atoms with Crippen molar-refractivity contribution in [2.24, 2.45) is 0 Å². The lowest BCUT2D eigenvalue weighted by atomic mass is 9.99. The zero-order chi connectivity index (χ0) is 21.9. The molecular formula is C24H26N2O3S. The molecule has 0 saturated heterocycles. The highest BCUT2D eigenvalue weighted by Gasteiger charge is 2.18. The smallest absolute Gasteiger partial charge is 0.261 e. The molecule has 0 aliphatic rings. The summed E-state index contributed by atoms with van der Waals surface area (Å²) < 4.78 is 27.9. The molecule has 0 fully saturated rings. The van der Waals surface area contributed by atoms with Gasteiger partial charge in [0.15, 0.2) is 0 Å². The summed E-state index contributed by atoms with van der Waals surface area (Å²) in [6.45, 7) is 7.76. The lowest BCUT2D eigenvalue weighted by molar-refractivity contribution is 0.0940. The van der Waals surface area contributed by atoms with E-state index in [4.69, 9.17) is 0 Å². The van der Waals surface area contributed by atoms with Gasteiger partial charge in [0, 0.05) is 5.56 Å². The van der Waals surface area contributed by atoms with Crippen LogP contribution in [0, 0.1) is 20.8 Å². The molecule has 3 rings (SSSR count). The number of carbonyl (C=O) groups is 1. The lowest BCUT2D eigenvalue weighted by Gasteiger charge is -2.18. The highest BCUT2D eigenvalue weighted by molar-refractivity contribution is 7.92. The molecule has 1 amide bonds. The van der Waals surface area contributed by atoms with E-state index in [1.54, 1.807) is 43.3 Å². The zero-order valence-corrected chi connectivity index (χ0v) is 18.4. The maximum Gasteiger partial charge on any atom is 0.261 e. The fraction of sp³-hybridized carbons (Fsp3) is 0.208. The summed E-state index contributed by atoms with van der Waals surface area (Å²) in [6, 6.07) is 19.1. The van der Waals surface area contributed by atoms with Crippen molar-refractivity contribution in [2.45, 2.75) is 38.6 Å². The number of benzene rings is 3. The Bertz CT molecular complexity index is 1170. The first-order valence-electron chi connectivity index (χ1n) is 9.74. The highest BCUT2D eigenvalue weighted by Crippen LogP contribution is 2.23. The van der Waals surface area contributed by atoms with Gasteiger partial charge >= 0.3 is 0 Å². The Morgan fingerprint density at radius 1 is 0.867 bits per heavy atom. The van der Waals surface area contributed by atoms with Gasteiger partial charge in [0.05, 0.1) is 16.6 Å². The largest absolute Gasteiger partial charge is 0.346 e. The zero-order valence-electron chi connectivity index (χ0n) is 17.6. The van der Waals surface area contributed by atoms with Gasteiger partial charge in [-0.15, -0.1) is 0 Å². The first-order valence-corrected chi connectivity index (χ1v) is 11.2. The second kappa shape index (κ2) is 8.71. The van der Waals surface area contributed by atoms with Crippen LogP contribution in [0.25, 0.3) is 0 Å². The average Bonchev–Trinajstić information content (AvgIpc) is 2.71. The minimum absolute atomic E-state index is 0.169. The number of nitrogens with one attached hydrogen (secondary N) is 2. The number of sulfonamides is 1. The molecule has 156 valence electrons. The Kier molecular flexibility index (Phi) is 6.27. The monoisotopic (exact) mass is 422 g/mol. The Morgan fingerprint density at radius 3 is 2.23 bits per heavy atom. The quantitative estimate of drug-likeness (QED) is 0.593. The van der Waals surface area contributed by atoms with Crippen molar-refractivity contribution in [2.75, 3.05) is 4.72 Å². The van der Waals surface area contributed by atoms with E-state index in [1.165, 1.54) is 12.1 Å². The van der Waals surface area contributed by atoms with Crippen molar-refractivity contribution in [3.8, 4) is 0 Å². The molecular weight excluding hydrogens is 396 g/mol. The van der Waals surface area contributed by atoms with Crippen LogP contribution in [0.4, 0.5) is 5.69 Å². The normalized spacial score (nSPS) is 12.3. The van der Waals surface area contributed by atoms with Crippen LogP contribution in [0.5, 0.6) is 0 Å². The SMILES string of the molecule is Cc1ccc(C)c([C@@H](C)NC(=O)c2ccc(C)c(NS(=O)(=O)c3ccccc3)c2)c1. The molecule has 0 unspecified atom stereocenters. The molecule has 3 aromatic rings. The first kappa shape index (κ1) is 21.6. The van der Waals surface area contributed by atoms with Gasteiger partial charge < -0.3 is 5.32 Å². The van der Waals surface area contributed by atoms with E-state index in [0.717, 1.165) is 22.3 Å². The standard InChI is InChI=1S/C24H26N2O3S/c1-16-10-11-17(2)22(14-16)19(4)25-24(27)20-13-12-18(3)23(15-20)26-30(28,29)21-8-6-5-7-9-21/h5-15,19,26H,1-4H3,(H,25,27)/t19-/m1/s1. The van der Waals surface area contributed by atoms with Crippen LogP contribution in [0.1, 0.15) is 45.6 Å². The van der Waals surface area contributed by atoms with Crippen molar-refractivity contribution in [1.82, 2.24) is 5.32 Å². The van der Waals surface area contributed by atoms with Crippen molar-refractivity contribution in [3.63, 3.8) is 0 Å². The van der Waals surface area contributed by atoms with E-state index >= 15 is 0 Å². The van der Waals surface area contributed by atoms with Gasteiger partial charge in [-0.25, -0.2) is 8.42 Å². The van der Waals surface area contributed by atoms with Gasteiger partial charge in [-0.05, 0) is 68.7 Å². The molecule has 1 atom stereocenters. The molecule has 30 heavy (non-hydrogen) atoms. The predicted molar refractivity (Wildman–Crippen MR) is 120 cm³/mol. The maximum absolute atomic E-state index is 12.8. The van der Waals surface area contributed by atoms with E-state index in [9.17, 15) is 13.2 Å². The minimum atomic E-state index is -3.74. The molecule has 0 saturated carbocycles. The number of rotatable bonds is 6. The average molecular weight is 423 g/mol. The first-order chi connectivity index (χ1) is 14.2. The third kappa shape index (κ3) is 4.89. The molecule has 0 aliphatic carbocycles. The molecule has 0 aliphatic heterocycles. The maximum atomic E-state index is 12.8. The van der Waals surface area contributed by atoms with Crippen molar-refractivity contribution >= 4 is 21.6 Å². The number of anilines is 1. The fourth-order valence-corrected chi connectivity index (χ4v) is 4.40. The minimum Gasteiger partial charge on any atom is -0.346 e. The van der Waals surface area contributed by atoms with Crippen LogP contribution in [0.3, 0.4) is 0 Å². The van der Waals surface area contributed by atoms with E-state index in [0.29, 0.717) is 11.3 Å². The Balaban J connectivity index is 1.82. The Morgan fingerprint density at radius 2 is 1.53 bits per heavy atom. The van der Waals surface area contributed by atoms with Gasteiger partial charge in [0.25, 0.3) is 15.9 Å². The summed E-state index contributed by atoms with van der Waals surface area (Å²) in [4.78, 5) is 13.0. The number of amides is 1. The summed E-state index contributed by atoms with van der Waals surface area (Å²) >= 11 is 0. The van der Waals surface area contributed by atoms with E-state index in [-0.39, 0.29) is 16.8 Å². The molecule has 5 nitrogen and oxygen atoms in total. The highest BCUT2D eigenvalue weighted by atomic mass is 32.2. The van der Waals surface area contributed by atoms with Crippen LogP contribution < -0.4 is 10.0 Å². The lowest BCUT2D eigenvalue weighted by Crippen LogP contribution is -2.27. The summed E-state index contributed by atoms with van der Waals surface area (Å²) in [6.07, 6.45) is 0. The van der Waals surface area contributed by atoms with Crippen molar-refractivity contribution < 1.29 is 13.2 Å². The van der Waals surface area contributed by atoms with Crippen LogP contribution in [0.2, 0.25) is 0 Å². The molecule has 0 radical (unpaired) electrons. The number of carbonyl (C=O) groups excluding carboxylic acids is 1. The van der Waals surface area contributed by atoms with Gasteiger partial charge in [0.2, 0.25) is 0 Å². The van der Waals surface area contributed by atoms with E-state index in [2.05, 4.69) is 16.1 Å². The predicted octanol–water partition coefficient (Wildman–Crippen LogP) is 4.90. The van der Waals surface area contributed by atoms with Crippen LogP contribution in [-0.2, 0) is 10.0 Å². The molecule has 0 spiro atoms. The van der Waals surface area contributed by atoms with Crippen molar-refractivity contribution in [3.05, 3.63) is 94.5 Å². The fourth-order valence-electron chi connectivity index (χ4n) is 3.26. The van der Waals surface area contributed by atoms with Gasteiger partial charge in [-0.1, -0.05) is 48.0 Å². The second-order valence-electron chi connectivity index (χ2n) is 7.50. The van der Waals surface area contributed by atoms with Crippen LogP contribution in [-0.4, -0.2) is 14.3 Å². The van der Waals surface area contributed by atoms with Gasteiger partial charge in [-0.3, -0.25) is 9.52 Å². The number of aryl methyl sites for hydroxylation is 3. The summed E-state index contributed by atoms with van der Waals surface area (Å²) in [5.41, 5.74) is 4.79. The molecule has 0 aromatic heterocycles. The van der Waals surface area contributed by atoms with Gasteiger partial charge in [0.1, 0.15) is 0 Å². The van der Waals surface area contributed by atoms with Gasteiger partial charge in [-0.2, -0.15) is 0 Å². The number of hydrogen-bond acceptors (Lipinski definition) is 3. The molecule has 6 heteroatoms. The molecule has 3 aromatic carbocycles. The molecule has 0 heterocycles. The Labute approximate surface area is 178 Å².